The minimum Gasteiger partial charge on any atom is -0.432 e. The van der Waals surface area contributed by atoms with E-state index in [9.17, 15) is 24.3 Å². The molecule has 0 unspecified atom stereocenters. The lowest BCUT2D eigenvalue weighted by Gasteiger charge is -2.32. The summed E-state index contributed by atoms with van der Waals surface area (Å²) >= 11 is 0. The first kappa shape index (κ1) is 31.8. The van der Waals surface area contributed by atoms with Crippen LogP contribution in [0.4, 0.5) is 11.4 Å². The van der Waals surface area contributed by atoms with E-state index in [1.54, 1.807) is 36.2 Å². The molecule has 3 aliphatic rings. The maximum Gasteiger partial charge on any atom is 0.261 e. The number of hydrazone groups is 1. The number of nitrogens with zero attached hydrogens (tertiary/aromatic N) is 3. The Bertz CT molecular complexity index is 1660. The first-order valence-corrected chi connectivity index (χ1v) is 18.8. The molecule has 10 nitrogen and oxygen atoms in total. The highest BCUT2D eigenvalue weighted by molar-refractivity contribution is 6.71. The van der Waals surface area contributed by atoms with Crippen LogP contribution < -0.4 is 10.3 Å². The van der Waals surface area contributed by atoms with E-state index in [1.165, 1.54) is 5.01 Å². The van der Waals surface area contributed by atoms with Crippen LogP contribution in [0, 0.1) is 5.92 Å². The van der Waals surface area contributed by atoms with Gasteiger partial charge in [0.05, 0.1) is 30.5 Å². The van der Waals surface area contributed by atoms with Crippen LogP contribution in [0.5, 0.6) is 0 Å². The third-order valence-corrected chi connectivity index (χ3v) is 11.9. The second-order valence-corrected chi connectivity index (χ2v) is 16.9. The molecule has 3 aromatic rings. The minimum absolute atomic E-state index is 0.0573. The molecule has 1 fully saturated rings. The molecular weight excluding hydrogens is 600 g/mol. The summed E-state index contributed by atoms with van der Waals surface area (Å²) in [6.07, 6.45) is 0.0210. The Labute approximate surface area is 269 Å². The Morgan fingerprint density at radius 1 is 1.07 bits per heavy atom. The highest BCUT2D eigenvalue weighted by Crippen LogP contribution is 2.58. The largest absolute Gasteiger partial charge is 0.432 e. The van der Waals surface area contributed by atoms with Crippen LogP contribution in [0.15, 0.2) is 84.0 Å². The van der Waals surface area contributed by atoms with E-state index in [4.69, 9.17) is 9.84 Å². The normalized spacial score (nSPS) is 24.2. The number of rotatable bonds is 9. The lowest BCUT2D eigenvalue weighted by molar-refractivity contribution is -0.148. The van der Waals surface area contributed by atoms with Crippen molar-refractivity contribution in [3.05, 3.63) is 95.6 Å². The van der Waals surface area contributed by atoms with Crippen molar-refractivity contribution in [2.75, 3.05) is 23.5 Å². The van der Waals surface area contributed by atoms with E-state index in [2.05, 4.69) is 5.32 Å². The van der Waals surface area contributed by atoms with Crippen LogP contribution >= 0.6 is 0 Å². The van der Waals surface area contributed by atoms with Crippen LogP contribution in [0.2, 0.25) is 18.6 Å². The minimum atomic E-state index is -3.00. The number of carbonyl (C=O) groups is 3. The molecule has 240 valence electrons. The van der Waals surface area contributed by atoms with Gasteiger partial charge in [0.2, 0.25) is 11.8 Å². The van der Waals surface area contributed by atoms with Crippen molar-refractivity contribution >= 4 is 43.1 Å². The molecule has 1 saturated heterocycles. The van der Waals surface area contributed by atoms with Crippen LogP contribution in [-0.2, 0) is 31.3 Å². The van der Waals surface area contributed by atoms with E-state index in [1.807, 2.05) is 67.6 Å². The molecule has 1 spiro atoms. The Morgan fingerprint density at radius 3 is 2.43 bits per heavy atom. The summed E-state index contributed by atoms with van der Waals surface area (Å²) in [7, 11) is -3.00. The number of aliphatic hydroxyl groups is 1. The second kappa shape index (κ2) is 12.6. The molecule has 3 N–H and O–H groups in total. The Kier molecular flexibility index (Phi) is 8.68. The SMILES string of the molecule is C[C@@H]1[C@@H]([Si](C)(C)O)[C@H](CC(=O)N(CCO)Cc2ccccc2)O[C@@]12C(=O)Nc1ccc(N3N=C(c4ccccc4)CCC3=O)cc12. The van der Waals surface area contributed by atoms with Gasteiger partial charge in [0, 0.05) is 48.6 Å². The third kappa shape index (κ3) is 5.79. The third-order valence-electron chi connectivity index (χ3n) is 9.42. The molecule has 6 rings (SSSR count). The number of fused-ring (bicyclic) bond motifs is 2. The van der Waals surface area contributed by atoms with Gasteiger partial charge in [-0.05, 0) is 42.4 Å². The highest BCUT2D eigenvalue weighted by Gasteiger charge is 2.65. The molecule has 3 aromatic carbocycles. The molecular formula is C35H40N4O6Si. The highest BCUT2D eigenvalue weighted by atomic mass is 28.4. The maximum atomic E-state index is 13.9. The molecule has 0 aliphatic carbocycles. The number of carbonyl (C=O) groups excluding carboxylic acids is 3. The van der Waals surface area contributed by atoms with E-state index < -0.39 is 31.5 Å². The lowest BCUT2D eigenvalue weighted by atomic mass is 9.82. The number of aliphatic hydroxyl groups excluding tert-OH is 1. The van der Waals surface area contributed by atoms with Gasteiger partial charge in [0.15, 0.2) is 13.9 Å². The predicted molar refractivity (Wildman–Crippen MR) is 177 cm³/mol. The first-order valence-electron chi connectivity index (χ1n) is 15.8. The average Bonchev–Trinajstić information content (AvgIpc) is 3.50. The topological polar surface area (TPSA) is 132 Å². The van der Waals surface area contributed by atoms with Crippen LogP contribution in [0.3, 0.4) is 0 Å². The number of anilines is 2. The molecule has 3 aliphatic heterocycles. The monoisotopic (exact) mass is 640 g/mol. The number of ether oxygens (including phenoxy) is 1. The van der Waals surface area contributed by atoms with Gasteiger partial charge in [-0.1, -0.05) is 67.6 Å². The summed E-state index contributed by atoms with van der Waals surface area (Å²) in [5.74, 6) is -1.22. The predicted octanol–water partition coefficient (Wildman–Crippen LogP) is 4.38. The number of hydrogen-bond donors (Lipinski definition) is 3. The van der Waals surface area contributed by atoms with Crippen molar-refractivity contribution in [3.63, 3.8) is 0 Å². The molecule has 0 bridgehead atoms. The average molecular weight is 641 g/mol. The summed E-state index contributed by atoms with van der Waals surface area (Å²) in [4.78, 5) is 53.9. The van der Waals surface area contributed by atoms with Crippen molar-refractivity contribution < 1.29 is 29.0 Å². The Hall–Kier alpha value is -4.16. The van der Waals surface area contributed by atoms with E-state index in [0.717, 1.165) is 16.8 Å². The van der Waals surface area contributed by atoms with Crippen molar-refractivity contribution in [1.82, 2.24) is 4.90 Å². The fourth-order valence-electron chi connectivity index (χ4n) is 7.33. The van der Waals surface area contributed by atoms with Gasteiger partial charge in [-0.2, -0.15) is 5.10 Å². The molecule has 3 amide bonds. The van der Waals surface area contributed by atoms with Gasteiger partial charge in [-0.3, -0.25) is 14.4 Å². The Morgan fingerprint density at radius 2 is 1.76 bits per heavy atom. The van der Waals surface area contributed by atoms with Crippen molar-refractivity contribution in [2.24, 2.45) is 11.0 Å². The van der Waals surface area contributed by atoms with E-state index in [-0.39, 0.29) is 37.3 Å². The number of benzene rings is 3. The summed E-state index contributed by atoms with van der Waals surface area (Å²) in [5, 5.41) is 18.8. The lowest BCUT2D eigenvalue weighted by Crippen LogP contribution is -2.44. The van der Waals surface area contributed by atoms with Gasteiger partial charge in [-0.15, -0.1) is 0 Å². The number of hydrogen-bond acceptors (Lipinski definition) is 7. The standard InChI is InChI=1S/C35H40N4O6Si/c1-23-33(46(2,3)44)30(21-32(42)38(18-19-40)22-24-10-6-4-7-11-24)45-35(23)27-20-26(14-15-29(27)36-34(35)43)39-31(41)17-16-28(37-39)25-12-8-5-9-13-25/h4-15,20,23,30,33,40,44H,16-19,21-22H2,1-3H3,(H,36,43)/t23-,30+,33-,35+/m1/s1. The fraction of sp³-hybridized carbons (Fsp3) is 0.371. The van der Waals surface area contributed by atoms with Crippen molar-refractivity contribution in [1.29, 1.82) is 0 Å². The van der Waals surface area contributed by atoms with E-state index >= 15 is 0 Å². The first-order chi connectivity index (χ1) is 22.0. The smallest absolute Gasteiger partial charge is 0.261 e. The van der Waals surface area contributed by atoms with Gasteiger partial charge in [0.25, 0.3) is 5.91 Å². The summed E-state index contributed by atoms with van der Waals surface area (Å²) < 4.78 is 6.72. The van der Waals surface area contributed by atoms with Gasteiger partial charge in [0.1, 0.15) is 0 Å². The molecule has 3 heterocycles. The summed E-state index contributed by atoms with van der Waals surface area (Å²) in [6, 6.07) is 24.5. The van der Waals surface area contributed by atoms with Crippen LogP contribution in [0.1, 0.15) is 42.9 Å². The van der Waals surface area contributed by atoms with Gasteiger partial charge >= 0.3 is 0 Å². The molecule has 0 radical (unpaired) electrons. The molecule has 11 heteroatoms. The molecule has 0 aromatic heterocycles. The molecule has 46 heavy (non-hydrogen) atoms. The fourth-order valence-corrected chi connectivity index (χ4v) is 9.88. The van der Waals surface area contributed by atoms with Crippen molar-refractivity contribution in [2.45, 2.75) is 63.1 Å². The zero-order chi connectivity index (χ0) is 32.6. The second-order valence-electron chi connectivity index (χ2n) is 12.9. The van der Waals surface area contributed by atoms with Gasteiger partial charge < -0.3 is 24.9 Å². The number of amides is 3. The summed E-state index contributed by atoms with van der Waals surface area (Å²) in [6.45, 7) is 5.78. The summed E-state index contributed by atoms with van der Waals surface area (Å²) in [5.41, 5.74) is 2.37. The number of nitrogens with one attached hydrogen (secondary N) is 1. The quantitative estimate of drug-likeness (QED) is 0.298. The van der Waals surface area contributed by atoms with Crippen LogP contribution in [0.25, 0.3) is 0 Å². The van der Waals surface area contributed by atoms with E-state index in [0.29, 0.717) is 36.3 Å². The van der Waals surface area contributed by atoms with Crippen LogP contribution in [-0.4, -0.2) is 65.8 Å². The zero-order valence-corrected chi connectivity index (χ0v) is 27.3. The molecule has 0 saturated carbocycles. The Balaban J connectivity index is 1.34. The molecule has 4 atom stereocenters. The van der Waals surface area contributed by atoms with Crippen molar-refractivity contribution in [3.8, 4) is 0 Å². The maximum absolute atomic E-state index is 13.9. The van der Waals surface area contributed by atoms with Gasteiger partial charge in [-0.25, -0.2) is 5.01 Å². The zero-order valence-electron chi connectivity index (χ0n) is 26.3.